The molecule has 0 spiro atoms. The number of hydrogen-bond acceptors (Lipinski definition) is 5. The first kappa shape index (κ1) is 27.3. The van der Waals surface area contributed by atoms with E-state index >= 15 is 0 Å². The average Bonchev–Trinajstić information content (AvgIpc) is 3.24. The summed E-state index contributed by atoms with van der Waals surface area (Å²) in [5.74, 6) is -1.62. The molecule has 7 nitrogen and oxygen atoms in total. The van der Waals surface area contributed by atoms with E-state index in [4.69, 9.17) is 0 Å². The van der Waals surface area contributed by atoms with Crippen molar-refractivity contribution in [3.8, 4) is 11.8 Å². The van der Waals surface area contributed by atoms with Gasteiger partial charge in [-0.25, -0.2) is 0 Å². The first-order valence-electron chi connectivity index (χ1n) is 12.3. The number of nitrogens with one attached hydrogen (secondary N) is 2. The third-order valence-corrected chi connectivity index (χ3v) is 6.48. The van der Waals surface area contributed by atoms with Gasteiger partial charge in [0.25, 0.3) is 0 Å². The second-order valence-corrected chi connectivity index (χ2v) is 10.7. The highest BCUT2D eigenvalue weighted by atomic mass is 19.3. The van der Waals surface area contributed by atoms with Crippen molar-refractivity contribution in [2.24, 2.45) is 17.3 Å². The molecule has 3 atom stereocenters. The minimum atomic E-state index is -3.00. The second-order valence-electron chi connectivity index (χ2n) is 10.7. The molecule has 1 aliphatic rings. The number of Topliss-reactive ketones (excluding diaryl/α,β-unsaturated/α-hetero) is 2. The lowest BCUT2D eigenvalue weighted by molar-refractivity contribution is -0.128. The molecule has 1 aromatic heterocycles. The number of ether oxygens (including phenoxy) is 1. The molecule has 0 radical (unpaired) electrons. The smallest absolute Gasteiger partial charge is 0.387 e. The number of carbonyl (C=O) groups is 3. The van der Waals surface area contributed by atoms with Crippen molar-refractivity contribution in [3.05, 3.63) is 30.0 Å². The molecular weight excluding hydrogens is 468 g/mol. The Morgan fingerprint density at radius 1 is 1.28 bits per heavy atom. The van der Waals surface area contributed by atoms with E-state index in [1.165, 1.54) is 12.1 Å². The SMILES string of the molecule is CC(C)(C)C[C@H](CC(=O)c1cc2c(OC(F)F)cccc2[nH]1)C(=O)N[C@H](C#N)C[C@@H]1CCCCC1=O. The van der Waals surface area contributed by atoms with Crippen LogP contribution >= 0.6 is 0 Å². The molecule has 9 heteroatoms. The van der Waals surface area contributed by atoms with Gasteiger partial charge in [0.1, 0.15) is 17.6 Å². The number of hydrogen-bond donors (Lipinski definition) is 2. The van der Waals surface area contributed by atoms with Gasteiger partial charge in [0, 0.05) is 35.6 Å². The Kier molecular flexibility index (Phi) is 8.83. The highest BCUT2D eigenvalue weighted by Crippen LogP contribution is 2.31. The van der Waals surface area contributed by atoms with Crippen LogP contribution in [-0.2, 0) is 9.59 Å². The lowest BCUT2D eigenvalue weighted by Gasteiger charge is -2.27. The first-order chi connectivity index (χ1) is 17.0. The minimum absolute atomic E-state index is 0.0455. The molecule has 1 heterocycles. The van der Waals surface area contributed by atoms with Gasteiger partial charge in [-0.2, -0.15) is 14.0 Å². The minimum Gasteiger partial charge on any atom is -0.434 e. The number of nitriles is 1. The number of nitrogens with zero attached hydrogens (tertiary/aromatic N) is 1. The van der Waals surface area contributed by atoms with Gasteiger partial charge < -0.3 is 15.0 Å². The first-order valence-corrected chi connectivity index (χ1v) is 12.3. The molecule has 3 rings (SSSR count). The predicted octanol–water partition coefficient (Wildman–Crippen LogP) is 5.55. The zero-order valence-corrected chi connectivity index (χ0v) is 20.9. The highest BCUT2D eigenvalue weighted by Gasteiger charge is 2.31. The monoisotopic (exact) mass is 501 g/mol. The number of carbonyl (C=O) groups excluding carboxylic acids is 3. The molecular formula is C27H33F2N3O4. The summed E-state index contributed by atoms with van der Waals surface area (Å²) < 4.78 is 30.0. The second kappa shape index (κ2) is 11.6. The number of aromatic nitrogens is 1. The van der Waals surface area contributed by atoms with E-state index in [0.717, 1.165) is 12.8 Å². The van der Waals surface area contributed by atoms with E-state index in [1.807, 2.05) is 20.8 Å². The van der Waals surface area contributed by atoms with Gasteiger partial charge in [-0.05, 0) is 49.3 Å². The summed E-state index contributed by atoms with van der Waals surface area (Å²) in [6.45, 7) is 2.87. The summed E-state index contributed by atoms with van der Waals surface area (Å²) >= 11 is 0. The van der Waals surface area contributed by atoms with Crippen molar-refractivity contribution < 1.29 is 27.9 Å². The summed E-state index contributed by atoms with van der Waals surface area (Å²) in [5, 5.41) is 12.7. The third-order valence-electron chi connectivity index (χ3n) is 6.48. The highest BCUT2D eigenvalue weighted by molar-refractivity contribution is 6.02. The average molecular weight is 502 g/mol. The summed E-state index contributed by atoms with van der Waals surface area (Å²) in [6, 6.07) is 7.31. The van der Waals surface area contributed by atoms with Gasteiger partial charge in [0.15, 0.2) is 5.78 Å². The zero-order chi connectivity index (χ0) is 26.5. The maximum absolute atomic E-state index is 13.2. The van der Waals surface area contributed by atoms with Crippen molar-refractivity contribution in [1.82, 2.24) is 10.3 Å². The predicted molar refractivity (Wildman–Crippen MR) is 131 cm³/mol. The molecule has 0 bridgehead atoms. The Labute approximate surface area is 209 Å². The number of alkyl halides is 2. The fourth-order valence-corrected chi connectivity index (χ4v) is 4.83. The van der Waals surface area contributed by atoms with E-state index in [-0.39, 0.29) is 47.2 Å². The molecule has 194 valence electrons. The molecule has 1 aliphatic carbocycles. The van der Waals surface area contributed by atoms with E-state index in [0.29, 0.717) is 30.2 Å². The summed E-state index contributed by atoms with van der Waals surface area (Å²) in [5.41, 5.74) is 0.379. The molecule has 1 saturated carbocycles. The van der Waals surface area contributed by atoms with Crippen LogP contribution in [0.1, 0.15) is 76.2 Å². The van der Waals surface area contributed by atoms with Crippen LogP contribution in [0.2, 0.25) is 0 Å². The number of ketones is 2. The van der Waals surface area contributed by atoms with Crippen LogP contribution in [0.4, 0.5) is 8.78 Å². The van der Waals surface area contributed by atoms with Crippen LogP contribution in [0.3, 0.4) is 0 Å². The Balaban J connectivity index is 1.75. The van der Waals surface area contributed by atoms with Gasteiger partial charge in [-0.3, -0.25) is 14.4 Å². The number of rotatable bonds is 10. The normalized spacial score (nSPS) is 18.0. The number of aromatic amines is 1. The van der Waals surface area contributed by atoms with Gasteiger partial charge >= 0.3 is 6.61 Å². The Bertz CT molecular complexity index is 1150. The standard InChI is InChI=1S/C27H33F2N3O4/c1-27(2,3)14-17(25(35)31-18(15-30)11-16-7-4-5-9-22(16)33)12-23(34)21-13-19-20(32-21)8-6-10-24(19)36-26(28)29/h6,8,10,13,16-18,26,32H,4-5,7,9,11-12,14H2,1-3H3,(H,31,35)/t16-,17-,18-/m0/s1. The molecule has 0 aliphatic heterocycles. The summed E-state index contributed by atoms with van der Waals surface area (Å²) in [4.78, 5) is 41.5. The van der Waals surface area contributed by atoms with Crippen LogP contribution in [0.15, 0.2) is 24.3 Å². The third kappa shape index (κ3) is 7.36. The molecule has 1 amide bonds. The van der Waals surface area contributed by atoms with Crippen LogP contribution in [-0.4, -0.2) is 35.1 Å². The van der Waals surface area contributed by atoms with Gasteiger partial charge in [0.05, 0.1) is 11.8 Å². The lowest BCUT2D eigenvalue weighted by Crippen LogP contribution is -2.42. The maximum atomic E-state index is 13.2. The number of fused-ring (bicyclic) bond motifs is 1. The fourth-order valence-electron chi connectivity index (χ4n) is 4.83. The largest absolute Gasteiger partial charge is 0.434 e. The van der Waals surface area contributed by atoms with Crippen molar-refractivity contribution in [1.29, 1.82) is 5.26 Å². The van der Waals surface area contributed by atoms with Crippen molar-refractivity contribution in [3.63, 3.8) is 0 Å². The molecule has 0 saturated heterocycles. The Morgan fingerprint density at radius 2 is 2.03 bits per heavy atom. The zero-order valence-electron chi connectivity index (χ0n) is 20.9. The van der Waals surface area contributed by atoms with Gasteiger partial charge in [-0.1, -0.05) is 33.3 Å². The van der Waals surface area contributed by atoms with E-state index in [1.54, 1.807) is 12.1 Å². The van der Waals surface area contributed by atoms with Crippen molar-refractivity contribution >= 4 is 28.4 Å². The van der Waals surface area contributed by atoms with Crippen LogP contribution < -0.4 is 10.1 Å². The topological polar surface area (TPSA) is 112 Å². The van der Waals surface area contributed by atoms with E-state index < -0.39 is 24.5 Å². The van der Waals surface area contributed by atoms with Crippen molar-refractivity contribution in [2.75, 3.05) is 0 Å². The van der Waals surface area contributed by atoms with Crippen LogP contribution in [0.25, 0.3) is 10.9 Å². The summed E-state index contributed by atoms with van der Waals surface area (Å²) in [6.07, 6.45) is 3.55. The molecule has 2 aromatic rings. The molecule has 1 aromatic carbocycles. The molecule has 36 heavy (non-hydrogen) atoms. The van der Waals surface area contributed by atoms with Gasteiger partial charge in [0.2, 0.25) is 5.91 Å². The number of benzene rings is 1. The molecule has 1 fully saturated rings. The Hall–Kier alpha value is -3.28. The fraction of sp³-hybridized carbons (Fsp3) is 0.556. The summed E-state index contributed by atoms with van der Waals surface area (Å²) in [7, 11) is 0. The van der Waals surface area contributed by atoms with E-state index in [9.17, 15) is 28.4 Å². The maximum Gasteiger partial charge on any atom is 0.387 e. The number of H-pyrrole nitrogens is 1. The quantitative estimate of drug-likeness (QED) is 0.415. The van der Waals surface area contributed by atoms with E-state index in [2.05, 4.69) is 21.1 Å². The Morgan fingerprint density at radius 3 is 2.67 bits per heavy atom. The van der Waals surface area contributed by atoms with Crippen LogP contribution in [0, 0.1) is 28.6 Å². The lowest BCUT2D eigenvalue weighted by atomic mass is 9.81. The van der Waals surface area contributed by atoms with Crippen LogP contribution in [0.5, 0.6) is 5.75 Å². The number of amides is 1. The molecule has 0 unspecified atom stereocenters. The van der Waals surface area contributed by atoms with Crippen molar-refractivity contribution in [2.45, 2.75) is 78.4 Å². The van der Waals surface area contributed by atoms with Gasteiger partial charge in [-0.15, -0.1) is 0 Å². The number of halogens is 2. The molecule has 2 N–H and O–H groups in total.